The molecule has 3 unspecified atom stereocenters. The van der Waals surface area contributed by atoms with E-state index in [4.69, 9.17) is 5.11 Å². The van der Waals surface area contributed by atoms with E-state index in [1.807, 2.05) is 13.8 Å². The molecule has 0 aromatic carbocycles. The highest BCUT2D eigenvalue weighted by Gasteiger charge is 2.08. The van der Waals surface area contributed by atoms with E-state index >= 15 is 0 Å². The summed E-state index contributed by atoms with van der Waals surface area (Å²) in [6.45, 7) is 9.21. The first-order valence-corrected chi connectivity index (χ1v) is 4.49. The monoisotopic (exact) mass is 159 g/mol. The van der Waals surface area contributed by atoms with Crippen LogP contribution in [-0.2, 0) is 0 Å². The van der Waals surface area contributed by atoms with Crippen LogP contribution < -0.4 is 5.32 Å². The third-order valence-corrected chi connectivity index (χ3v) is 2.21. The van der Waals surface area contributed by atoms with Crippen molar-refractivity contribution in [2.45, 2.75) is 46.3 Å². The average molecular weight is 159 g/mol. The Balaban J connectivity index is 3.37. The molecule has 0 radical (unpaired) electrons. The minimum absolute atomic E-state index is 0.212. The zero-order chi connectivity index (χ0) is 8.85. The molecular weight excluding hydrogens is 138 g/mol. The first-order chi connectivity index (χ1) is 5.07. The summed E-state index contributed by atoms with van der Waals surface area (Å²) >= 11 is 0. The highest BCUT2D eigenvalue weighted by atomic mass is 16.3. The van der Waals surface area contributed by atoms with Crippen LogP contribution in [0.5, 0.6) is 0 Å². The molecule has 3 atom stereocenters. The van der Waals surface area contributed by atoms with E-state index in [1.54, 1.807) is 0 Å². The zero-order valence-electron chi connectivity index (χ0n) is 8.09. The SMILES string of the molecule is CCC(C)CNC(C)C(C)O. The van der Waals surface area contributed by atoms with Gasteiger partial charge in [0.05, 0.1) is 6.10 Å². The summed E-state index contributed by atoms with van der Waals surface area (Å²) < 4.78 is 0. The van der Waals surface area contributed by atoms with E-state index in [0.717, 1.165) is 6.54 Å². The van der Waals surface area contributed by atoms with Gasteiger partial charge in [0.2, 0.25) is 0 Å². The number of rotatable bonds is 5. The van der Waals surface area contributed by atoms with Crippen molar-refractivity contribution in [1.82, 2.24) is 5.32 Å². The van der Waals surface area contributed by atoms with Crippen LogP contribution in [0.25, 0.3) is 0 Å². The van der Waals surface area contributed by atoms with Gasteiger partial charge >= 0.3 is 0 Å². The first-order valence-electron chi connectivity index (χ1n) is 4.49. The molecule has 11 heavy (non-hydrogen) atoms. The lowest BCUT2D eigenvalue weighted by molar-refractivity contribution is 0.150. The highest BCUT2D eigenvalue weighted by molar-refractivity contribution is 4.67. The quantitative estimate of drug-likeness (QED) is 0.635. The number of hydrogen-bond acceptors (Lipinski definition) is 2. The molecule has 0 aliphatic rings. The molecular formula is C9H21NO. The number of aliphatic hydroxyl groups excluding tert-OH is 1. The molecule has 0 heterocycles. The van der Waals surface area contributed by atoms with Gasteiger partial charge in [0.1, 0.15) is 0 Å². The fraction of sp³-hybridized carbons (Fsp3) is 1.00. The molecule has 68 valence electrons. The Morgan fingerprint density at radius 1 is 1.27 bits per heavy atom. The smallest absolute Gasteiger partial charge is 0.0662 e. The lowest BCUT2D eigenvalue weighted by Crippen LogP contribution is -2.37. The van der Waals surface area contributed by atoms with Gasteiger partial charge in [-0.1, -0.05) is 20.3 Å². The molecule has 0 aliphatic carbocycles. The third kappa shape index (κ3) is 5.22. The van der Waals surface area contributed by atoms with Crippen LogP contribution >= 0.6 is 0 Å². The Labute approximate surface area is 70.0 Å². The number of aliphatic hydroxyl groups is 1. The van der Waals surface area contributed by atoms with E-state index in [1.165, 1.54) is 6.42 Å². The van der Waals surface area contributed by atoms with Gasteiger partial charge < -0.3 is 10.4 Å². The van der Waals surface area contributed by atoms with Crippen molar-refractivity contribution in [2.24, 2.45) is 5.92 Å². The lowest BCUT2D eigenvalue weighted by Gasteiger charge is -2.18. The van der Waals surface area contributed by atoms with Crippen LogP contribution in [0.2, 0.25) is 0 Å². The van der Waals surface area contributed by atoms with Gasteiger partial charge in [-0.25, -0.2) is 0 Å². The van der Waals surface area contributed by atoms with Crippen LogP contribution in [-0.4, -0.2) is 23.8 Å². The highest BCUT2D eigenvalue weighted by Crippen LogP contribution is 1.99. The summed E-state index contributed by atoms with van der Waals surface area (Å²) in [4.78, 5) is 0. The van der Waals surface area contributed by atoms with Crippen LogP contribution in [0.15, 0.2) is 0 Å². The van der Waals surface area contributed by atoms with Crippen LogP contribution in [0.1, 0.15) is 34.1 Å². The van der Waals surface area contributed by atoms with Gasteiger partial charge in [-0.3, -0.25) is 0 Å². The molecule has 0 aromatic rings. The molecule has 0 amide bonds. The fourth-order valence-electron chi connectivity index (χ4n) is 0.702. The van der Waals surface area contributed by atoms with Crippen LogP contribution in [0.3, 0.4) is 0 Å². The second-order valence-electron chi connectivity index (χ2n) is 3.45. The van der Waals surface area contributed by atoms with Gasteiger partial charge in [0.15, 0.2) is 0 Å². The Morgan fingerprint density at radius 3 is 2.18 bits per heavy atom. The molecule has 0 aromatic heterocycles. The molecule has 0 spiro atoms. The first kappa shape index (κ1) is 10.9. The summed E-state index contributed by atoms with van der Waals surface area (Å²) in [5.74, 6) is 0.705. The summed E-state index contributed by atoms with van der Waals surface area (Å²) in [5.41, 5.74) is 0. The van der Waals surface area contributed by atoms with E-state index in [0.29, 0.717) is 5.92 Å². The maximum absolute atomic E-state index is 9.14. The molecule has 0 rings (SSSR count). The predicted molar refractivity (Wildman–Crippen MR) is 48.6 cm³/mol. The summed E-state index contributed by atoms with van der Waals surface area (Å²) in [6, 6.07) is 0.212. The number of nitrogens with one attached hydrogen (secondary N) is 1. The van der Waals surface area contributed by atoms with Crippen molar-refractivity contribution in [1.29, 1.82) is 0 Å². The van der Waals surface area contributed by atoms with Crippen LogP contribution in [0.4, 0.5) is 0 Å². The summed E-state index contributed by atoms with van der Waals surface area (Å²) in [7, 11) is 0. The lowest BCUT2D eigenvalue weighted by atomic mass is 10.1. The van der Waals surface area contributed by atoms with Gasteiger partial charge in [0.25, 0.3) is 0 Å². The molecule has 0 bridgehead atoms. The minimum Gasteiger partial charge on any atom is -0.392 e. The van der Waals surface area contributed by atoms with Gasteiger partial charge in [-0.2, -0.15) is 0 Å². The van der Waals surface area contributed by atoms with E-state index in [9.17, 15) is 0 Å². The maximum Gasteiger partial charge on any atom is 0.0662 e. The van der Waals surface area contributed by atoms with Gasteiger partial charge in [0, 0.05) is 6.04 Å². The standard InChI is InChI=1S/C9H21NO/c1-5-7(2)6-10-8(3)9(4)11/h7-11H,5-6H2,1-4H3. The van der Waals surface area contributed by atoms with E-state index in [-0.39, 0.29) is 12.1 Å². The van der Waals surface area contributed by atoms with E-state index < -0.39 is 0 Å². The Morgan fingerprint density at radius 2 is 1.82 bits per heavy atom. The fourth-order valence-corrected chi connectivity index (χ4v) is 0.702. The van der Waals surface area contributed by atoms with Gasteiger partial charge in [-0.05, 0) is 26.3 Å². The minimum atomic E-state index is -0.251. The molecule has 0 aliphatic heterocycles. The molecule has 0 fully saturated rings. The molecule has 2 heteroatoms. The summed E-state index contributed by atoms with van der Waals surface area (Å²) in [5, 5.41) is 12.4. The average Bonchev–Trinajstić information content (AvgIpc) is 1.99. The maximum atomic E-state index is 9.14. The topological polar surface area (TPSA) is 32.3 Å². The third-order valence-electron chi connectivity index (χ3n) is 2.21. The molecule has 0 saturated heterocycles. The second-order valence-corrected chi connectivity index (χ2v) is 3.45. The largest absolute Gasteiger partial charge is 0.392 e. The second kappa shape index (κ2) is 5.56. The molecule has 2 nitrogen and oxygen atoms in total. The van der Waals surface area contributed by atoms with Gasteiger partial charge in [-0.15, -0.1) is 0 Å². The van der Waals surface area contributed by atoms with Crippen molar-refractivity contribution < 1.29 is 5.11 Å². The molecule has 2 N–H and O–H groups in total. The molecule has 0 saturated carbocycles. The number of hydrogen-bond donors (Lipinski definition) is 2. The Hall–Kier alpha value is -0.0800. The van der Waals surface area contributed by atoms with Crippen LogP contribution in [0, 0.1) is 5.92 Å². The van der Waals surface area contributed by atoms with Crippen molar-refractivity contribution in [3.05, 3.63) is 0 Å². The Bertz CT molecular complexity index is 93.6. The normalized spacial score (nSPS) is 19.4. The van der Waals surface area contributed by atoms with Crippen molar-refractivity contribution in [3.63, 3.8) is 0 Å². The van der Waals surface area contributed by atoms with Crippen molar-refractivity contribution in [2.75, 3.05) is 6.54 Å². The Kier molecular flexibility index (Phi) is 5.51. The van der Waals surface area contributed by atoms with Crippen molar-refractivity contribution >= 4 is 0 Å². The van der Waals surface area contributed by atoms with Crippen molar-refractivity contribution in [3.8, 4) is 0 Å². The summed E-state index contributed by atoms with van der Waals surface area (Å²) in [6.07, 6.45) is 0.943. The van der Waals surface area contributed by atoms with E-state index in [2.05, 4.69) is 19.2 Å². The predicted octanol–water partition coefficient (Wildman–Crippen LogP) is 1.39. The zero-order valence-corrected chi connectivity index (χ0v) is 8.09.